The molecule has 2 aliphatic carbocycles. The fraction of sp³-hybridized carbons (Fsp3) is 0.758. The molecule has 5 atom stereocenters. The lowest BCUT2D eigenvalue weighted by atomic mass is 10.1. The van der Waals surface area contributed by atoms with Crippen LogP contribution < -0.4 is 10.8 Å². The molecule has 2 N–H and O–H groups in total. The second kappa shape index (κ2) is 14.8. The van der Waals surface area contributed by atoms with E-state index < -0.39 is 56.0 Å². The highest BCUT2D eigenvalue weighted by molar-refractivity contribution is 6.74. The molecule has 3 rings (SSSR count). The molecular weight excluding hydrogens is 592 g/mol. The van der Waals surface area contributed by atoms with Crippen LogP contribution >= 0.6 is 0 Å². The summed E-state index contributed by atoms with van der Waals surface area (Å²) in [5.74, 6) is -1.81. The smallest absolute Gasteiger partial charge is 0.408 e. The lowest BCUT2D eigenvalue weighted by molar-refractivity contribution is -0.162. The highest BCUT2D eigenvalue weighted by atomic mass is 28.4. The zero-order chi connectivity index (χ0) is 33.7. The predicted molar refractivity (Wildman–Crippen MR) is 175 cm³/mol. The number of likely N-dealkylation sites (tertiary alicyclic amines) is 1. The Labute approximate surface area is 270 Å². The third kappa shape index (κ3) is 10.7. The molecule has 3 amide bonds. The fourth-order valence-corrected chi connectivity index (χ4v) is 6.69. The van der Waals surface area contributed by atoms with Crippen LogP contribution in [0.2, 0.25) is 18.1 Å². The minimum Gasteiger partial charge on any atom is -0.444 e. The van der Waals surface area contributed by atoms with Crippen molar-refractivity contribution >= 4 is 32.2 Å². The number of nitrogens with one attached hydrogen (secondary N) is 2. The van der Waals surface area contributed by atoms with E-state index in [1.165, 1.54) is 4.90 Å². The van der Waals surface area contributed by atoms with Gasteiger partial charge in [-0.05, 0) is 83.5 Å². The molecule has 0 radical (unpaired) electrons. The average molecular weight is 649 g/mol. The second-order valence-electron chi connectivity index (χ2n) is 15.2. The highest BCUT2D eigenvalue weighted by Crippen LogP contribution is 2.40. The number of rotatable bonds is 14. The summed E-state index contributed by atoms with van der Waals surface area (Å²) in [5.41, 5.74) is 1.55. The van der Waals surface area contributed by atoms with Crippen LogP contribution in [0, 0.1) is 11.8 Å². The van der Waals surface area contributed by atoms with Crippen molar-refractivity contribution in [1.29, 1.82) is 0 Å². The van der Waals surface area contributed by atoms with Crippen molar-refractivity contribution in [1.82, 2.24) is 20.6 Å². The number of carbonyl (C=O) groups excluding carboxylic acids is 4. The van der Waals surface area contributed by atoms with Crippen molar-refractivity contribution in [2.75, 3.05) is 19.6 Å². The SMILES string of the molecule is C=CCCCN(C[C@H](NC(=O)OC(C)(C)C)C(=O)N1C[C@H](O[Si](C)(C)C(C)(C)C)C[C@H]1C(=O)NOC(=O)[C@@H]1C[C@H]1C=C)C1CC1. The number of alkyl carbamates (subject to hydrolysis) is 1. The Kier molecular flexibility index (Phi) is 12.1. The first kappa shape index (κ1) is 36.8. The molecule has 3 fully saturated rings. The normalized spacial score (nSPS) is 24.1. The van der Waals surface area contributed by atoms with Crippen molar-refractivity contribution in [2.45, 2.75) is 128 Å². The van der Waals surface area contributed by atoms with Crippen molar-refractivity contribution in [3.8, 4) is 0 Å². The van der Waals surface area contributed by atoms with E-state index in [-0.39, 0.29) is 36.4 Å². The molecule has 1 saturated heterocycles. The maximum absolute atomic E-state index is 14.4. The number of amides is 3. The standard InChI is InChI=1S/C33H56N4O7Si/c1-11-13-14-17-36(23-15-16-23)21-26(34-31(41)42-32(3,4)5)29(39)37-20-24(44-45(9,10)33(6,7)8)19-27(37)28(38)35-43-30(40)25-18-22(25)12-2/h11-12,22-27H,1-2,13-21H2,3-10H3,(H,34,41)(H,35,38)/t22-,24-,25-,26+,27+/m1/s1. The lowest BCUT2D eigenvalue weighted by Gasteiger charge is -2.38. The third-order valence-corrected chi connectivity index (χ3v) is 13.7. The van der Waals surface area contributed by atoms with Crippen molar-refractivity contribution in [2.24, 2.45) is 11.8 Å². The molecule has 0 unspecified atom stereocenters. The van der Waals surface area contributed by atoms with Gasteiger partial charge < -0.3 is 24.2 Å². The molecule has 0 spiro atoms. The van der Waals surface area contributed by atoms with Gasteiger partial charge in [0.2, 0.25) is 5.91 Å². The van der Waals surface area contributed by atoms with E-state index in [4.69, 9.17) is 14.0 Å². The van der Waals surface area contributed by atoms with Crippen LogP contribution in [0.15, 0.2) is 25.3 Å². The first-order valence-corrected chi connectivity index (χ1v) is 19.2. The Morgan fingerprint density at radius 3 is 2.27 bits per heavy atom. The van der Waals surface area contributed by atoms with E-state index in [9.17, 15) is 19.2 Å². The Balaban J connectivity index is 1.85. The summed E-state index contributed by atoms with van der Waals surface area (Å²) in [7, 11) is -2.26. The second-order valence-corrected chi connectivity index (χ2v) is 20.0. The van der Waals surface area contributed by atoms with Gasteiger partial charge in [-0.2, -0.15) is 5.48 Å². The summed E-state index contributed by atoms with van der Waals surface area (Å²) in [6.45, 7) is 24.7. The van der Waals surface area contributed by atoms with Gasteiger partial charge in [0, 0.05) is 25.6 Å². The minimum absolute atomic E-state index is 0.0434. The summed E-state index contributed by atoms with van der Waals surface area (Å²) in [6, 6.07) is -1.58. The van der Waals surface area contributed by atoms with Gasteiger partial charge in [-0.15, -0.1) is 13.2 Å². The van der Waals surface area contributed by atoms with E-state index in [0.717, 1.165) is 32.2 Å². The molecular formula is C33H56N4O7Si. The maximum atomic E-state index is 14.4. The molecule has 0 aromatic rings. The van der Waals surface area contributed by atoms with Gasteiger partial charge in [0.05, 0.1) is 12.0 Å². The van der Waals surface area contributed by atoms with Gasteiger partial charge in [-0.25, -0.2) is 9.59 Å². The molecule has 0 aromatic carbocycles. The topological polar surface area (TPSA) is 127 Å². The van der Waals surface area contributed by atoms with Gasteiger partial charge in [0.15, 0.2) is 8.32 Å². The van der Waals surface area contributed by atoms with Gasteiger partial charge in [0.1, 0.15) is 17.7 Å². The molecule has 0 bridgehead atoms. The van der Waals surface area contributed by atoms with E-state index >= 15 is 0 Å². The van der Waals surface area contributed by atoms with Crippen molar-refractivity contribution in [3.05, 3.63) is 25.3 Å². The van der Waals surface area contributed by atoms with Crippen LogP contribution in [0.4, 0.5) is 4.79 Å². The van der Waals surface area contributed by atoms with E-state index in [0.29, 0.717) is 12.5 Å². The van der Waals surface area contributed by atoms with E-state index in [1.807, 2.05) is 6.08 Å². The van der Waals surface area contributed by atoms with E-state index in [1.54, 1.807) is 26.8 Å². The number of nitrogens with zero attached hydrogens (tertiary/aromatic N) is 2. The molecule has 0 aromatic heterocycles. The number of hydrogen-bond donors (Lipinski definition) is 2. The Morgan fingerprint density at radius 1 is 1.07 bits per heavy atom. The molecule has 11 nitrogen and oxygen atoms in total. The zero-order valence-electron chi connectivity index (χ0n) is 28.6. The first-order valence-electron chi connectivity index (χ1n) is 16.3. The van der Waals surface area contributed by atoms with Crippen molar-refractivity contribution < 1.29 is 33.2 Å². The van der Waals surface area contributed by atoms with Crippen LogP contribution in [0.5, 0.6) is 0 Å². The number of hydrogen-bond acceptors (Lipinski definition) is 8. The number of ether oxygens (including phenoxy) is 1. The average Bonchev–Trinajstić information content (AvgIpc) is 3.85. The molecule has 1 heterocycles. The summed E-state index contributed by atoms with van der Waals surface area (Å²) in [5, 5.41) is 2.73. The van der Waals surface area contributed by atoms with Crippen LogP contribution in [-0.2, 0) is 28.4 Å². The highest BCUT2D eigenvalue weighted by Gasteiger charge is 2.48. The van der Waals surface area contributed by atoms with Crippen molar-refractivity contribution in [3.63, 3.8) is 0 Å². The molecule has 254 valence electrons. The van der Waals surface area contributed by atoms with E-state index in [2.05, 4.69) is 62.7 Å². The van der Waals surface area contributed by atoms with Gasteiger partial charge >= 0.3 is 12.1 Å². The summed E-state index contributed by atoms with van der Waals surface area (Å²) in [4.78, 5) is 62.2. The van der Waals surface area contributed by atoms with Crippen LogP contribution in [0.1, 0.15) is 80.1 Å². The number of allylic oxidation sites excluding steroid dienone is 2. The Hall–Kier alpha value is -2.70. The summed E-state index contributed by atoms with van der Waals surface area (Å²) >= 11 is 0. The van der Waals surface area contributed by atoms with Gasteiger partial charge in [-0.3, -0.25) is 14.5 Å². The van der Waals surface area contributed by atoms with Gasteiger partial charge in [0.25, 0.3) is 5.91 Å². The quantitative estimate of drug-likeness (QED) is 0.120. The summed E-state index contributed by atoms with van der Waals surface area (Å²) < 4.78 is 12.2. The molecule has 3 aliphatic rings. The molecule has 45 heavy (non-hydrogen) atoms. The van der Waals surface area contributed by atoms with Crippen LogP contribution in [0.3, 0.4) is 0 Å². The fourth-order valence-electron chi connectivity index (χ4n) is 5.33. The maximum Gasteiger partial charge on any atom is 0.408 e. The molecule has 12 heteroatoms. The summed E-state index contributed by atoms with van der Waals surface area (Å²) in [6.07, 6.45) is 7.12. The monoisotopic (exact) mass is 648 g/mol. The number of unbranched alkanes of at least 4 members (excludes halogenated alkanes) is 1. The first-order chi connectivity index (χ1) is 20.9. The largest absolute Gasteiger partial charge is 0.444 e. The Morgan fingerprint density at radius 2 is 1.73 bits per heavy atom. The number of carbonyl (C=O) groups is 4. The predicted octanol–water partition coefficient (Wildman–Crippen LogP) is 4.70. The molecule has 1 aliphatic heterocycles. The Bertz CT molecular complexity index is 1110. The third-order valence-electron chi connectivity index (χ3n) is 9.14. The lowest BCUT2D eigenvalue weighted by Crippen LogP contribution is -2.57. The van der Waals surface area contributed by atoms with Gasteiger partial charge in [-0.1, -0.05) is 32.9 Å². The zero-order valence-corrected chi connectivity index (χ0v) is 29.6. The van der Waals surface area contributed by atoms with Crippen LogP contribution in [-0.4, -0.2) is 91.5 Å². The number of hydroxylamine groups is 1. The minimum atomic E-state index is -2.26. The van der Waals surface area contributed by atoms with Crippen LogP contribution in [0.25, 0.3) is 0 Å². The molecule has 2 saturated carbocycles.